The summed E-state index contributed by atoms with van der Waals surface area (Å²) in [5.74, 6) is 1.34. The molecule has 2 aromatic carbocycles. The smallest absolute Gasteiger partial charge is 0.322 e. The molecule has 0 aliphatic heterocycles. The Hall–Kier alpha value is -3.41. The molecular formula is C19H17N5O. The van der Waals surface area contributed by atoms with Gasteiger partial charge in [0.25, 0.3) is 0 Å². The van der Waals surface area contributed by atoms with Crippen LogP contribution in [0.3, 0.4) is 0 Å². The van der Waals surface area contributed by atoms with Crippen molar-refractivity contribution in [1.82, 2.24) is 19.9 Å². The molecule has 0 atom stereocenters. The first-order valence-electron chi connectivity index (χ1n) is 7.98. The summed E-state index contributed by atoms with van der Waals surface area (Å²) < 4.78 is 5.78. The van der Waals surface area contributed by atoms with Crippen LogP contribution < -0.4 is 10.1 Å². The largest absolute Gasteiger partial charge is 0.424 e. The van der Waals surface area contributed by atoms with Gasteiger partial charge in [-0.1, -0.05) is 18.2 Å². The molecule has 0 spiro atoms. The number of rotatable bonds is 4. The van der Waals surface area contributed by atoms with Gasteiger partial charge in [0.05, 0.1) is 11.0 Å². The van der Waals surface area contributed by atoms with E-state index >= 15 is 0 Å². The van der Waals surface area contributed by atoms with Gasteiger partial charge in [0, 0.05) is 23.1 Å². The highest BCUT2D eigenvalue weighted by Crippen LogP contribution is 2.24. The third kappa shape index (κ3) is 3.42. The number of hydrogen-bond donors (Lipinski definition) is 2. The van der Waals surface area contributed by atoms with E-state index in [1.807, 2.05) is 68.4 Å². The molecule has 4 aromatic rings. The van der Waals surface area contributed by atoms with Crippen molar-refractivity contribution in [1.29, 1.82) is 0 Å². The molecule has 2 heterocycles. The quantitative estimate of drug-likeness (QED) is 0.575. The molecule has 0 aliphatic rings. The third-order valence-electron chi connectivity index (χ3n) is 3.66. The Kier molecular flexibility index (Phi) is 3.78. The zero-order valence-corrected chi connectivity index (χ0v) is 13.9. The Labute approximate surface area is 144 Å². The van der Waals surface area contributed by atoms with Gasteiger partial charge in [-0.3, -0.25) is 0 Å². The number of aromatic amines is 1. The van der Waals surface area contributed by atoms with Gasteiger partial charge < -0.3 is 15.0 Å². The van der Waals surface area contributed by atoms with Crippen molar-refractivity contribution in [2.24, 2.45) is 0 Å². The first-order valence-corrected chi connectivity index (χ1v) is 7.98. The molecule has 25 heavy (non-hydrogen) atoms. The molecule has 2 N–H and O–H groups in total. The van der Waals surface area contributed by atoms with E-state index in [4.69, 9.17) is 4.74 Å². The highest BCUT2D eigenvalue weighted by molar-refractivity contribution is 5.78. The van der Waals surface area contributed by atoms with E-state index in [9.17, 15) is 0 Å². The Balaban J connectivity index is 1.56. The average molecular weight is 331 g/mol. The summed E-state index contributed by atoms with van der Waals surface area (Å²) in [5, 5.41) is 3.25. The summed E-state index contributed by atoms with van der Waals surface area (Å²) >= 11 is 0. The summed E-state index contributed by atoms with van der Waals surface area (Å²) in [5.41, 5.74) is 4.51. The van der Waals surface area contributed by atoms with Crippen LogP contribution >= 0.6 is 0 Å². The van der Waals surface area contributed by atoms with E-state index in [0.29, 0.717) is 17.7 Å². The fourth-order valence-electron chi connectivity index (χ4n) is 2.63. The van der Waals surface area contributed by atoms with Gasteiger partial charge in [-0.05, 0) is 44.2 Å². The van der Waals surface area contributed by atoms with E-state index in [1.54, 1.807) is 0 Å². The molecule has 0 unspecified atom stereocenters. The minimum absolute atomic E-state index is 0.346. The molecule has 2 aromatic heterocycles. The van der Waals surface area contributed by atoms with Gasteiger partial charge in [0.1, 0.15) is 5.75 Å². The number of aryl methyl sites for hydroxylation is 2. The number of ether oxygens (including phenoxy) is 1. The molecule has 0 amide bonds. The van der Waals surface area contributed by atoms with Crippen molar-refractivity contribution in [2.75, 3.05) is 5.32 Å². The first-order chi connectivity index (χ1) is 12.2. The number of aromatic nitrogens is 4. The summed E-state index contributed by atoms with van der Waals surface area (Å²) in [7, 11) is 0. The minimum Gasteiger partial charge on any atom is -0.424 e. The molecule has 0 saturated carbocycles. The number of H-pyrrole nitrogens is 1. The first kappa shape index (κ1) is 15.1. The Morgan fingerprint density at radius 3 is 2.48 bits per heavy atom. The number of para-hydroxylation sites is 2. The number of hydrogen-bond acceptors (Lipinski definition) is 5. The molecule has 0 fully saturated rings. The Morgan fingerprint density at radius 2 is 1.68 bits per heavy atom. The van der Waals surface area contributed by atoms with Gasteiger partial charge in [-0.2, -0.15) is 0 Å². The van der Waals surface area contributed by atoms with Crippen LogP contribution in [0.2, 0.25) is 0 Å². The second kappa shape index (κ2) is 6.24. The number of nitrogens with zero attached hydrogens (tertiary/aromatic N) is 3. The molecule has 4 rings (SSSR count). The van der Waals surface area contributed by atoms with Crippen LogP contribution in [0.5, 0.6) is 11.8 Å². The van der Waals surface area contributed by atoms with Crippen molar-refractivity contribution in [3.63, 3.8) is 0 Å². The lowest BCUT2D eigenvalue weighted by Gasteiger charge is -2.08. The third-order valence-corrected chi connectivity index (χ3v) is 3.66. The number of fused-ring (bicyclic) bond motifs is 1. The van der Waals surface area contributed by atoms with Crippen LogP contribution in [-0.4, -0.2) is 19.9 Å². The van der Waals surface area contributed by atoms with Gasteiger partial charge in [-0.25, -0.2) is 15.0 Å². The zero-order chi connectivity index (χ0) is 17.2. The molecule has 0 radical (unpaired) electrons. The molecular weight excluding hydrogens is 314 g/mol. The van der Waals surface area contributed by atoms with E-state index in [-0.39, 0.29) is 0 Å². The van der Waals surface area contributed by atoms with Crippen molar-refractivity contribution < 1.29 is 4.74 Å². The van der Waals surface area contributed by atoms with Crippen molar-refractivity contribution in [3.05, 3.63) is 66.0 Å². The monoisotopic (exact) mass is 331 g/mol. The number of imidazole rings is 1. The van der Waals surface area contributed by atoms with E-state index < -0.39 is 0 Å². The van der Waals surface area contributed by atoms with E-state index in [1.165, 1.54) is 0 Å². The van der Waals surface area contributed by atoms with Gasteiger partial charge >= 0.3 is 6.01 Å². The maximum absolute atomic E-state index is 5.78. The maximum atomic E-state index is 5.78. The van der Waals surface area contributed by atoms with Gasteiger partial charge in [0.15, 0.2) is 0 Å². The molecule has 6 heteroatoms. The normalized spacial score (nSPS) is 10.8. The average Bonchev–Trinajstić information content (AvgIpc) is 2.96. The van der Waals surface area contributed by atoms with Crippen molar-refractivity contribution in [2.45, 2.75) is 13.8 Å². The topological polar surface area (TPSA) is 75.7 Å². The van der Waals surface area contributed by atoms with E-state index in [0.717, 1.165) is 28.1 Å². The van der Waals surface area contributed by atoms with Crippen LogP contribution in [0, 0.1) is 13.8 Å². The Bertz CT molecular complexity index is 988. The summed E-state index contributed by atoms with van der Waals surface area (Å²) in [6.45, 7) is 3.84. The predicted molar refractivity (Wildman–Crippen MR) is 97.4 cm³/mol. The minimum atomic E-state index is 0.346. The summed E-state index contributed by atoms with van der Waals surface area (Å²) in [6.07, 6.45) is 0. The van der Waals surface area contributed by atoms with Crippen LogP contribution in [0.4, 0.5) is 11.6 Å². The molecule has 0 saturated heterocycles. The highest BCUT2D eigenvalue weighted by atomic mass is 16.5. The SMILES string of the molecule is Cc1cc(C)nc(Oc2cccc(Nc3nc4ccccc4[nH]3)c2)n1. The lowest BCUT2D eigenvalue weighted by atomic mass is 10.3. The van der Waals surface area contributed by atoms with Crippen LogP contribution in [0.15, 0.2) is 54.6 Å². The lowest BCUT2D eigenvalue weighted by Crippen LogP contribution is -1.97. The summed E-state index contributed by atoms with van der Waals surface area (Å²) in [6, 6.07) is 17.8. The standard InChI is InChI=1S/C19H17N5O/c1-12-10-13(2)21-19(20-12)25-15-7-5-6-14(11-15)22-18-23-16-8-3-4-9-17(16)24-18/h3-11H,1-2H3,(H2,22,23,24). The molecule has 6 nitrogen and oxygen atoms in total. The van der Waals surface area contributed by atoms with Crippen LogP contribution in [0.1, 0.15) is 11.4 Å². The van der Waals surface area contributed by atoms with Crippen molar-refractivity contribution >= 4 is 22.7 Å². The van der Waals surface area contributed by atoms with Crippen LogP contribution in [0.25, 0.3) is 11.0 Å². The van der Waals surface area contributed by atoms with Gasteiger partial charge in [0.2, 0.25) is 5.95 Å². The second-order valence-corrected chi connectivity index (χ2v) is 5.79. The van der Waals surface area contributed by atoms with Crippen molar-refractivity contribution in [3.8, 4) is 11.8 Å². The number of nitrogens with one attached hydrogen (secondary N) is 2. The predicted octanol–water partition coefficient (Wildman–Crippen LogP) is 4.51. The number of benzene rings is 2. The molecule has 0 bridgehead atoms. The fourth-order valence-corrected chi connectivity index (χ4v) is 2.63. The number of anilines is 2. The lowest BCUT2D eigenvalue weighted by molar-refractivity contribution is 0.439. The van der Waals surface area contributed by atoms with Crippen LogP contribution in [-0.2, 0) is 0 Å². The second-order valence-electron chi connectivity index (χ2n) is 5.79. The molecule has 124 valence electrons. The van der Waals surface area contributed by atoms with E-state index in [2.05, 4.69) is 25.3 Å². The fraction of sp³-hybridized carbons (Fsp3) is 0.105. The maximum Gasteiger partial charge on any atom is 0.322 e. The highest BCUT2D eigenvalue weighted by Gasteiger charge is 2.06. The molecule has 0 aliphatic carbocycles. The summed E-state index contributed by atoms with van der Waals surface area (Å²) in [4.78, 5) is 16.4. The Morgan fingerprint density at radius 1 is 0.880 bits per heavy atom. The zero-order valence-electron chi connectivity index (χ0n) is 13.9. The van der Waals surface area contributed by atoms with Gasteiger partial charge in [-0.15, -0.1) is 0 Å².